The molecule has 0 spiro atoms. The molecule has 0 aliphatic carbocycles. The third kappa shape index (κ3) is 3.74. The molecule has 0 radical (unpaired) electrons. The Bertz CT molecular complexity index is 892. The van der Waals surface area contributed by atoms with Crippen molar-refractivity contribution in [1.29, 1.82) is 0 Å². The number of hydrogen-bond acceptors (Lipinski definition) is 6. The lowest BCUT2D eigenvalue weighted by Crippen LogP contribution is -2.00. The molecule has 25 heavy (non-hydrogen) atoms. The third-order valence-electron chi connectivity index (χ3n) is 3.38. The molecule has 0 fully saturated rings. The molecule has 1 aromatic heterocycles. The topological polar surface area (TPSA) is 87.6 Å². The smallest absolute Gasteiger partial charge is 0.314 e. The molecule has 1 heterocycles. The molecular weight excluding hydrogens is 331 g/mol. The number of halogens is 1. The van der Waals surface area contributed by atoms with Crippen LogP contribution >= 0.6 is 0 Å². The largest absolute Gasteiger partial charge is 0.496 e. The first-order chi connectivity index (χ1) is 12.1. The molecule has 2 aromatic carbocycles. The van der Waals surface area contributed by atoms with E-state index >= 15 is 0 Å². The molecule has 3 aromatic rings. The van der Waals surface area contributed by atoms with Gasteiger partial charge in [0.1, 0.15) is 30.1 Å². The highest BCUT2D eigenvalue weighted by Crippen LogP contribution is 2.31. The zero-order valence-corrected chi connectivity index (χ0v) is 13.1. The van der Waals surface area contributed by atoms with Gasteiger partial charge < -0.3 is 13.9 Å². The second-order valence-electron chi connectivity index (χ2n) is 5.03. The van der Waals surface area contributed by atoms with Gasteiger partial charge in [-0.3, -0.25) is 10.1 Å². The number of nitrogens with zero attached hydrogens (tertiary/aromatic N) is 2. The molecule has 0 N–H and O–H groups in total. The van der Waals surface area contributed by atoms with Crippen LogP contribution in [0.2, 0.25) is 0 Å². The van der Waals surface area contributed by atoms with Crippen LogP contribution < -0.4 is 9.47 Å². The van der Waals surface area contributed by atoms with Crippen LogP contribution in [0.25, 0.3) is 11.5 Å². The first-order valence-corrected chi connectivity index (χ1v) is 7.22. The number of nitro groups is 1. The van der Waals surface area contributed by atoms with E-state index in [9.17, 15) is 14.5 Å². The Hall–Kier alpha value is -3.42. The second-order valence-corrected chi connectivity index (χ2v) is 5.03. The molecular formula is C17H13FN2O5. The number of aromatic nitrogens is 1. The van der Waals surface area contributed by atoms with Crippen LogP contribution in [0.5, 0.6) is 11.5 Å². The van der Waals surface area contributed by atoms with Crippen LogP contribution in [-0.2, 0) is 6.61 Å². The summed E-state index contributed by atoms with van der Waals surface area (Å²) in [5.41, 5.74) is 0.856. The summed E-state index contributed by atoms with van der Waals surface area (Å²) < 4.78 is 28.7. The summed E-state index contributed by atoms with van der Waals surface area (Å²) in [5.74, 6) is 0.407. The van der Waals surface area contributed by atoms with Crippen LogP contribution in [0.3, 0.4) is 0 Å². The van der Waals surface area contributed by atoms with Gasteiger partial charge in [0.2, 0.25) is 5.89 Å². The zero-order chi connectivity index (χ0) is 17.8. The van der Waals surface area contributed by atoms with E-state index in [-0.39, 0.29) is 23.9 Å². The van der Waals surface area contributed by atoms with Gasteiger partial charge in [-0.25, -0.2) is 9.37 Å². The maximum Gasteiger partial charge on any atom is 0.314 e. The second kappa shape index (κ2) is 7.00. The van der Waals surface area contributed by atoms with Crippen molar-refractivity contribution in [3.63, 3.8) is 0 Å². The van der Waals surface area contributed by atoms with E-state index in [0.29, 0.717) is 22.9 Å². The lowest BCUT2D eigenvalue weighted by atomic mass is 10.2. The maximum atomic E-state index is 12.9. The number of rotatable bonds is 6. The molecule has 128 valence electrons. The molecule has 7 nitrogen and oxygen atoms in total. The Labute approximate surface area is 141 Å². The Morgan fingerprint density at radius 2 is 2.00 bits per heavy atom. The van der Waals surface area contributed by atoms with E-state index in [1.54, 1.807) is 18.2 Å². The first kappa shape index (κ1) is 16.4. The van der Waals surface area contributed by atoms with Gasteiger partial charge in [-0.05, 0) is 36.4 Å². The molecule has 0 unspecified atom stereocenters. The molecule has 8 heteroatoms. The molecule has 0 bridgehead atoms. The van der Waals surface area contributed by atoms with E-state index in [0.717, 1.165) is 0 Å². The maximum absolute atomic E-state index is 12.9. The summed E-state index contributed by atoms with van der Waals surface area (Å²) in [5, 5.41) is 11.1. The summed E-state index contributed by atoms with van der Waals surface area (Å²) in [7, 11) is 1.42. The minimum Gasteiger partial charge on any atom is -0.496 e. The predicted octanol–water partition coefficient (Wildman–Crippen LogP) is 3.98. The fourth-order valence-electron chi connectivity index (χ4n) is 2.14. The van der Waals surface area contributed by atoms with Crippen molar-refractivity contribution in [2.24, 2.45) is 0 Å². The number of benzene rings is 2. The van der Waals surface area contributed by atoms with Crippen molar-refractivity contribution >= 4 is 5.69 Å². The SMILES string of the molecule is COc1ccc(OCc2coc(-c3ccc(F)cc3)n2)c([N+](=O)[O-])c1. The molecule has 0 saturated heterocycles. The van der Waals surface area contributed by atoms with Crippen molar-refractivity contribution in [3.8, 4) is 23.0 Å². The minimum atomic E-state index is -0.551. The minimum absolute atomic E-state index is 0.0160. The quantitative estimate of drug-likeness (QED) is 0.496. The van der Waals surface area contributed by atoms with Gasteiger partial charge in [-0.2, -0.15) is 0 Å². The normalized spacial score (nSPS) is 10.5. The van der Waals surface area contributed by atoms with Gasteiger partial charge >= 0.3 is 5.69 Å². The fraction of sp³-hybridized carbons (Fsp3) is 0.118. The van der Waals surface area contributed by atoms with Crippen LogP contribution in [0.15, 0.2) is 53.1 Å². The highest BCUT2D eigenvalue weighted by Gasteiger charge is 2.17. The van der Waals surface area contributed by atoms with Gasteiger partial charge in [-0.1, -0.05) is 0 Å². The van der Waals surface area contributed by atoms with Gasteiger partial charge in [0, 0.05) is 5.56 Å². The van der Waals surface area contributed by atoms with Crippen molar-refractivity contribution in [2.75, 3.05) is 7.11 Å². The highest BCUT2D eigenvalue weighted by atomic mass is 19.1. The molecule has 0 atom stereocenters. The highest BCUT2D eigenvalue weighted by molar-refractivity contribution is 5.53. The monoisotopic (exact) mass is 344 g/mol. The van der Waals surface area contributed by atoms with Crippen LogP contribution in [-0.4, -0.2) is 17.0 Å². The van der Waals surface area contributed by atoms with E-state index in [2.05, 4.69) is 4.98 Å². The number of hydrogen-bond donors (Lipinski definition) is 0. The first-order valence-electron chi connectivity index (χ1n) is 7.22. The molecule has 3 rings (SSSR count). The molecule has 0 amide bonds. The summed E-state index contributed by atoms with van der Waals surface area (Å²) in [4.78, 5) is 14.8. The average Bonchev–Trinajstić information content (AvgIpc) is 3.09. The van der Waals surface area contributed by atoms with Gasteiger partial charge in [0.15, 0.2) is 5.75 Å². The van der Waals surface area contributed by atoms with E-state index in [4.69, 9.17) is 13.9 Å². The number of nitro benzene ring substituents is 1. The lowest BCUT2D eigenvalue weighted by Gasteiger charge is -2.06. The van der Waals surface area contributed by atoms with Crippen LogP contribution in [0, 0.1) is 15.9 Å². The van der Waals surface area contributed by atoms with Crippen molar-refractivity contribution in [2.45, 2.75) is 6.61 Å². The Morgan fingerprint density at radius 3 is 2.68 bits per heavy atom. The number of ether oxygens (including phenoxy) is 2. The Morgan fingerprint density at radius 1 is 1.24 bits per heavy atom. The van der Waals surface area contributed by atoms with Gasteiger partial charge in [0.05, 0.1) is 18.1 Å². The van der Waals surface area contributed by atoms with Crippen molar-refractivity contribution in [3.05, 3.63) is 70.4 Å². The summed E-state index contributed by atoms with van der Waals surface area (Å²) in [6, 6.07) is 9.99. The predicted molar refractivity (Wildman–Crippen MR) is 85.9 cm³/mol. The van der Waals surface area contributed by atoms with Gasteiger partial charge in [-0.15, -0.1) is 0 Å². The molecule has 0 saturated carbocycles. The van der Waals surface area contributed by atoms with E-state index < -0.39 is 4.92 Å². The summed E-state index contributed by atoms with van der Waals surface area (Å²) in [6.45, 7) is -0.0160. The van der Waals surface area contributed by atoms with Crippen LogP contribution in [0.1, 0.15) is 5.69 Å². The lowest BCUT2D eigenvalue weighted by molar-refractivity contribution is -0.386. The van der Waals surface area contributed by atoms with Crippen molar-refractivity contribution in [1.82, 2.24) is 4.98 Å². The molecule has 0 aliphatic heterocycles. The Kier molecular flexibility index (Phi) is 4.60. The standard InChI is InChI=1S/C17H13FN2O5/c1-23-14-6-7-16(15(8-14)20(21)22)24-9-13-10-25-17(19-13)11-2-4-12(18)5-3-11/h2-8,10H,9H2,1H3. The molecule has 0 aliphatic rings. The zero-order valence-electron chi connectivity index (χ0n) is 13.1. The summed E-state index contributed by atoms with van der Waals surface area (Å²) in [6.07, 6.45) is 1.38. The number of oxazole rings is 1. The van der Waals surface area contributed by atoms with Gasteiger partial charge in [0.25, 0.3) is 0 Å². The van der Waals surface area contributed by atoms with E-state index in [1.165, 1.54) is 37.6 Å². The summed E-state index contributed by atoms with van der Waals surface area (Å²) >= 11 is 0. The van der Waals surface area contributed by atoms with Crippen molar-refractivity contribution < 1.29 is 23.2 Å². The average molecular weight is 344 g/mol. The Balaban J connectivity index is 1.74. The fourth-order valence-corrected chi connectivity index (χ4v) is 2.14. The number of methoxy groups -OCH3 is 1. The van der Waals surface area contributed by atoms with E-state index in [1.807, 2.05) is 0 Å². The third-order valence-corrected chi connectivity index (χ3v) is 3.38. The van der Waals surface area contributed by atoms with Crippen LogP contribution in [0.4, 0.5) is 10.1 Å².